The first kappa shape index (κ1) is 15.9. The van der Waals surface area contributed by atoms with Crippen molar-refractivity contribution in [2.75, 3.05) is 13.2 Å². The summed E-state index contributed by atoms with van der Waals surface area (Å²) in [5, 5.41) is -0.0958. The van der Waals surface area contributed by atoms with Crippen molar-refractivity contribution in [1.29, 1.82) is 4.78 Å². The molecule has 1 N–H and O–H groups in total. The zero-order valence-corrected chi connectivity index (χ0v) is 14.6. The molecule has 126 valence electrons. The molecule has 1 aliphatic heterocycles. The number of fused-ring (bicyclic) bond motifs is 1. The third-order valence-electron chi connectivity index (χ3n) is 5.25. The second-order valence-corrected chi connectivity index (χ2v) is 9.12. The van der Waals surface area contributed by atoms with Crippen LogP contribution in [0.5, 0.6) is 0 Å². The smallest absolute Gasteiger partial charge is 0.0757 e. The van der Waals surface area contributed by atoms with Gasteiger partial charge in [-0.3, -0.25) is 0 Å². The highest BCUT2D eigenvalue weighted by Gasteiger charge is 2.26. The van der Waals surface area contributed by atoms with Gasteiger partial charge >= 0.3 is 0 Å². The molecule has 1 atom stereocenters. The van der Waals surface area contributed by atoms with Crippen LogP contribution in [0.3, 0.4) is 0 Å². The highest BCUT2D eigenvalue weighted by atomic mass is 32.2. The number of benzene rings is 2. The van der Waals surface area contributed by atoms with Gasteiger partial charge in [-0.05, 0) is 66.5 Å². The molecule has 1 fully saturated rings. The molecular formula is C20H23NO2S. The summed E-state index contributed by atoms with van der Waals surface area (Å²) in [6, 6.07) is 14.4. The predicted octanol–water partition coefficient (Wildman–Crippen LogP) is 4.43. The molecule has 0 radical (unpaired) electrons. The van der Waals surface area contributed by atoms with E-state index in [1.54, 1.807) is 0 Å². The lowest BCUT2D eigenvalue weighted by atomic mass is 10.0. The van der Waals surface area contributed by atoms with E-state index < -0.39 is 9.73 Å². The molecule has 4 heteroatoms. The van der Waals surface area contributed by atoms with E-state index in [4.69, 9.17) is 9.52 Å². The Morgan fingerprint density at radius 1 is 0.958 bits per heavy atom. The van der Waals surface area contributed by atoms with Gasteiger partial charge in [-0.2, -0.15) is 0 Å². The fraction of sp³-hybridized carbons (Fsp3) is 0.400. The van der Waals surface area contributed by atoms with Crippen LogP contribution in [0.4, 0.5) is 0 Å². The second kappa shape index (κ2) is 6.34. The maximum Gasteiger partial charge on any atom is 0.0757 e. The SMILES string of the molecule is N=S(=O)(c1cccc(-c2ccc3c(c2)CCC3)c1)C1CCOCC1. The van der Waals surface area contributed by atoms with E-state index in [9.17, 15) is 4.21 Å². The maximum absolute atomic E-state index is 13.1. The van der Waals surface area contributed by atoms with Crippen LogP contribution >= 0.6 is 0 Å². The van der Waals surface area contributed by atoms with E-state index in [-0.39, 0.29) is 5.25 Å². The third kappa shape index (κ3) is 2.89. The van der Waals surface area contributed by atoms with Gasteiger partial charge < -0.3 is 4.74 Å². The first-order valence-electron chi connectivity index (χ1n) is 8.72. The normalized spacial score (nSPS) is 20.5. The average Bonchev–Trinajstić information content (AvgIpc) is 3.10. The summed E-state index contributed by atoms with van der Waals surface area (Å²) in [6.45, 7) is 1.23. The first-order chi connectivity index (χ1) is 11.6. The van der Waals surface area contributed by atoms with Gasteiger partial charge in [-0.15, -0.1) is 0 Å². The van der Waals surface area contributed by atoms with Crippen LogP contribution in [-0.2, 0) is 27.3 Å². The fourth-order valence-corrected chi connectivity index (χ4v) is 5.64. The number of ether oxygens (including phenoxy) is 1. The van der Waals surface area contributed by atoms with Crippen molar-refractivity contribution in [1.82, 2.24) is 0 Å². The molecule has 2 aliphatic rings. The van der Waals surface area contributed by atoms with E-state index in [0.717, 1.165) is 12.0 Å². The monoisotopic (exact) mass is 341 g/mol. The predicted molar refractivity (Wildman–Crippen MR) is 96.9 cm³/mol. The van der Waals surface area contributed by atoms with Crippen LogP contribution in [0.15, 0.2) is 47.4 Å². The molecule has 1 heterocycles. The first-order valence-corrected chi connectivity index (χ1v) is 10.3. The minimum absolute atomic E-state index is 0.0958. The lowest BCUT2D eigenvalue weighted by Crippen LogP contribution is -2.28. The Morgan fingerprint density at radius 3 is 2.54 bits per heavy atom. The molecule has 1 aliphatic carbocycles. The largest absolute Gasteiger partial charge is 0.381 e. The van der Waals surface area contributed by atoms with Crippen LogP contribution in [0.1, 0.15) is 30.4 Å². The average molecular weight is 341 g/mol. The van der Waals surface area contributed by atoms with Crippen molar-refractivity contribution in [3.8, 4) is 11.1 Å². The van der Waals surface area contributed by atoms with Crippen molar-refractivity contribution < 1.29 is 8.95 Å². The Balaban J connectivity index is 1.68. The third-order valence-corrected chi connectivity index (χ3v) is 7.62. The summed E-state index contributed by atoms with van der Waals surface area (Å²) in [7, 11) is -2.78. The Labute approximate surface area is 144 Å². The van der Waals surface area contributed by atoms with Gasteiger partial charge in [0.05, 0.1) is 15.0 Å². The summed E-state index contributed by atoms with van der Waals surface area (Å²) < 4.78 is 27.0. The zero-order chi connectivity index (χ0) is 16.6. The highest BCUT2D eigenvalue weighted by Crippen LogP contribution is 2.31. The minimum Gasteiger partial charge on any atom is -0.381 e. The molecule has 0 aromatic heterocycles. The van der Waals surface area contributed by atoms with Crippen LogP contribution in [0.2, 0.25) is 0 Å². The summed E-state index contributed by atoms with van der Waals surface area (Å²) in [6.07, 6.45) is 5.00. The molecule has 3 nitrogen and oxygen atoms in total. The van der Waals surface area contributed by atoms with Gasteiger partial charge in [0.1, 0.15) is 0 Å². The van der Waals surface area contributed by atoms with Crippen LogP contribution < -0.4 is 0 Å². The Bertz CT molecular complexity index is 852. The van der Waals surface area contributed by atoms with Crippen LogP contribution in [-0.4, -0.2) is 22.7 Å². The fourth-order valence-electron chi connectivity index (χ4n) is 3.82. The quantitative estimate of drug-likeness (QED) is 0.898. The van der Waals surface area contributed by atoms with E-state index in [1.165, 1.54) is 29.5 Å². The maximum atomic E-state index is 13.1. The lowest BCUT2D eigenvalue weighted by Gasteiger charge is -2.24. The minimum atomic E-state index is -2.78. The number of hydrogen-bond donors (Lipinski definition) is 1. The van der Waals surface area contributed by atoms with E-state index in [2.05, 4.69) is 24.3 Å². The van der Waals surface area contributed by atoms with Gasteiger partial charge in [-0.1, -0.05) is 30.3 Å². The van der Waals surface area contributed by atoms with Gasteiger partial charge in [0.15, 0.2) is 0 Å². The molecular weight excluding hydrogens is 318 g/mol. The number of rotatable bonds is 3. The molecule has 0 amide bonds. The van der Waals surface area contributed by atoms with Crippen molar-refractivity contribution in [3.05, 3.63) is 53.6 Å². The summed E-state index contributed by atoms with van der Waals surface area (Å²) in [5.41, 5.74) is 5.13. The molecule has 2 aromatic carbocycles. The molecule has 24 heavy (non-hydrogen) atoms. The molecule has 1 unspecified atom stereocenters. The Kier molecular flexibility index (Phi) is 4.19. The standard InChI is InChI=1S/C20H23NO2S/c21-24(22,19-9-11-23-12-10-19)20-6-2-5-17(14-20)18-8-7-15-3-1-4-16(15)13-18/h2,5-8,13-14,19,21H,1,3-4,9-12H2. The molecule has 2 aromatic rings. The van der Waals surface area contributed by atoms with Crippen LogP contribution in [0, 0.1) is 4.78 Å². The van der Waals surface area contributed by atoms with Gasteiger partial charge in [-0.25, -0.2) is 8.99 Å². The summed E-state index contributed by atoms with van der Waals surface area (Å²) >= 11 is 0. The topological polar surface area (TPSA) is 50.2 Å². The van der Waals surface area contributed by atoms with Gasteiger partial charge in [0, 0.05) is 18.1 Å². The molecule has 1 saturated heterocycles. The van der Waals surface area contributed by atoms with Crippen molar-refractivity contribution >= 4 is 9.73 Å². The zero-order valence-electron chi connectivity index (χ0n) is 13.8. The Hall–Kier alpha value is -1.65. The molecule has 4 rings (SSSR count). The van der Waals surface area contributed by atoms with Crippen molar-refractivity contribution in [2.45, 2.75) is 42.2 Å². The van der Waals surface area contributed by atoms with Crippen molar-refractivity contribution in [3.63, 3.8) is 0 Å². The van der Waals surface area contributed by atoms with E-state index in [1.807, 2.05) is 18.2 Å². The number of hydrogen-bond acceptors (Lipinski definition) is 3. The van der Waals surface area contributed by atoms with E-state index in [0.29, 0.717) is 31.0 Å². The number of aryl methyl sites for hydroxylation is 2. The summed E-state index contributed by atoms with van der Waals surface area (Å²) in [5.74, 6) is 0. The second-order valence-electron chi connectivity index (χ2n) is 6.78. The lowest BCUT2D eigenvalue weighted by molar-refractivity contribution is 0.0989. The number of nitrogens with one attached hydrogen (secondary N) is 1. The Morgan fingerprint density at radius 2 is 1.71 bits per heavy atom. The molecule has 0 spiro atoms. The van der Waals surface area contributed by atoms with Gasteiger partial charge in [0.25, 0.3) is 0 Å². The van der Waals surface area contributed by atoms with Crippen molar-refractivity contribution in [2.24, 2.45) is 0 Å². The highest BCUT2D eigenvalue weighted by molar-refractivity contribution is 7.93. The van der Waals surface area contributed by atoms with Crippen LogP contribution in [0.25, 0.3) is 11.1 Å². The molecule has 0 bridgehead atoms. The summed E-state index contributed by atoms with van der Waals surface area (Å²) in [4.78, 5) is 0.660. The van der Waals surface area contributed by atoms with E-state index >= 15 is 0 Å². The molecule has 0 saturated carbocycles. The van der Waals surface area contributed by atoms with Gasteiger partial charge in [0.2, 0.25) is 0 Å².